The van der Waals surface area contributed by atoms with Gasteiger partial charge in [0.2, 0.25) is 11.8 Å². The first-order valence-corrected chi connectivity index (χ1v) is 12.2. The predicted molar refractivity (Wildman–Crippen MR) is 127 cm³/mol. The second kappa shape index (κ2) is 11.5. The highest BCUT2D eigenvalue weighted by Crippen LogP contribution is 2.28. The van der Waals surface area contributed by atoms with E-state index in [0.29, 0.717) is 24.3 Å². The lowest BCUT2D eigenvalue weighted by molar-refractivity contribution is -0.384. The molecule has 10 heteroatoms. The predicted octanol–water partition coefficient (Wildman–Crippen LogP) is 4.87. The normalized spacial score (nSPS) is 21.8. The third kappa shape index (κ3) is 8.33. The van der Waals surface area contributed by atoms with Crippen molar-refractivity contribution in [3.8, 4) is 0 Å². The Bertz CT molecular complexity index is 799. The first kappa shape index (κ1) is 25.0. The lowest BCUT2D eigenvalue weighted by Gasteiger charge is -2.30. The molecule has 2 saturated carbocycles. The highest BCUT2D eigenvalue weighted by Gasteiger charge is 2.26. The van der Waals surface area contributed by atoms with Crippen LogP contribution < -0.4 is 16.0 Å². The van der Waals surface area contributed by atoms with Crippen molar-refractivity contribution in [2.45, 2.75) is 90.2 Å². The second-order valence-corrected chi connectivity index (χ2v) is 10.3. The van der Waals surface area contributed by atoms with Gasteiger partial charge in [0.05, 0.1) is 4.92 Å². The Labute approximate surface area is 195 Å². The number of carbonyl (C=O) groups is 1. The molecular weight excluding hydrogens is 424 g/mol. The monoisotopic (exact) mass is 462 g/mol. The zero-order valence-corrected chi connectivity index (χ0v) is 20.1. The average molecular weight is 463 g/mol. The maximum Gasteiger partial charge on any atom is 0.407 e. The number of ether oxygens (including phenoxy) is 1. The van der Waals surface area contributed by atoms with Gasteiger partial charge in [-0.05, 0) is 71.1 Å². The largest absolute Gasteiger partial charge is 0.444 e. The number of nitrogens with zero attached hydrogens (tertiary/aromatic N) is 3. The minimum Gasteiger partial charge on any atom is -0.444 e. The topological polar surface area (TPSA) is 131 Å². The van der Waals surface area contributed by atoms with Crippen molar-refractivity contribution in [1.82, 2.24) is 15.3 Å². The van der Waals surface area contributed by atoms with Crippen LogP contribution in [0.1, 0.15) is 78.6 Å². The SMILES string of the molecule is CC(C)(C)OC(=O)N[C@H]1CC[C@H](CNc2nc(NCC3CCCCC3)ncc2[N+](=O)[O-])CC1. The molecule has 0 spiro atoms. The molecule has 2 fully saturated rings. The van der Waals surface area contributed by atoms with E-state index in [4.69, 9.17) is 4.74 Å². The molecule has 0 unspecified atom stereocenters. The van der Waals surface area contributed by atoms with Crippen LogP contribution in [0, 0.1) is 22.0 Å². The number of anilines is 2. The van der Waals surface area contributed by atoms with Crippen molar-refractivity contribution in [1.29, 1.82) is 0 Å². The van der Waals surface area contributed by atoms with E-state index in [2.05, 4.69) is 25.9 Å². The molecule has 2 aliphatic rings. The van der Waals surface area contributed by atoms with E-state index < -0.39 is 10.5 Å². The van der Waals surface area contributed by atoms with Crippen LogP contribution in [0.25, 0.3) is 0 Å². The first-order chi connectivity index (χ1) is 15.7. The maximum absolute atomic E-state index is 12.0. The maximum atomic E-state index is 12.0. The van der Waals surface area contributed by atoms with E-state index in [0.717, 1.165) is 32.2 Å². The van der Waals surface area contributed by atoms with Crippen molar-refractivity contribution in [3.63, 3.8) is 0 Å². The summed E-state index contributed by atoms with van der Waals surface area (Å²) in [5.74, 6) is 1.66. The summed E-state index contributed by atoms with van der Waals surface area (Å²) >= 11 is 0. The van der Waals surface area contributed by atoms with Crippen molar-refractivity contribution in [2.24, 2.45) is 11.8 Å². The Kier molecular flexibility index (Phi) is 8.68. The lowest BCUT2D eigenvalue weighted by atomic mass is 9.86. The Morgan fingerprint density at radius 2 is 1.70 bits per heavy atom. The molecule has 1 heterocycles. The smallest absolute Gasteiger partial charge is 0.407 e. The summed E-state index contributed by atoms with van der Waals surface area (Å²) in [5, 5.41) is 20.8. The van der Waals surface area contributed by atoms with Gasteiger partial charge in [0, 0.05) is 19.1 Å². The van der Waals surface area contributed by atoms with Crippen molar-refractivity contribution < 1.29 is 14.5 Å². The highest BCUT2D eigenvalue weighted by molar-refractivity contribution is 5.68. The molecule has 1 aromatic rings. The summed E-state index contributed by atoms with van der Waals surface area (Å²) in [6, 6.07) is 0.0973. The molecule has 184 valence electrons. The van der Waals surface area contributed by atoms with E-state index >= 15 is 0 Å². The summed E-state index contributed by atoms with van der Waals surface area (Å²) in [5.41, 5.74) is -0.625. The lowest BCUT2D eigenvalue weighted by Crippen LogP contribution is -2.41. The van der Waals surface area contributed by atoms with Gasteiger partial charge in [-0.2, -0.15) is 4.98 Å². The van der Waals surface area contributed by atoms with Crippen LogP contribution in [0.2, 0.25) is 0 Å². The number of hydrogen-bond acceptors (Lipinski definition) is 8. The van der Waals surface area contributed by atoms with Crippen LogP contribution in [0.5, 0.6) is 0 Å². The van der Waals surface area contributed by atoms with Crippen molar-refractivity contribution >= 4 is 23.5 Å². The summed E-state index contributed by atoms with van der Waals surface area (Å²) in [7, 11) is 0. The molecule has 0 atom stereocenters. The Morgan fingerprint density at radius 1 is 1.06 bits per heavy atom. The van der Waals surface area contributed by atoms with Crippen LogP contribution in [0.15, 0.2) is 6.20 Å². The first-order valence-electron chi connectivity index (χ1n) is 12.2. The van der Waals surface area contributed by atoms with Gasteiger partial charge in [-0.1, -0.05) is 19.3 Å². The van der Waals surface area contributed by atoms with Gasteiger partial charge in [-0.3, -0.25) is 10.1 Å². The van der Waals surface area contributed by atoms with E-state index in [1.54, 1.807) is 0 Å². The molecule has 3 N–H and O–H groups in total. The molecule has 0 aromatic carbocycles. The fourth-order valence-electron chi connectivity index (χ4n) is 4.58. The molecule has 33 heavy (non-hydrogen) atoms. The van der Waals surface area contributed by atoms with Gasteiger partial charge in [0.1, 0.15) is 11.8 Å². The molecule has 0 bridgehead atoms. The second-order valence-electron chi connectivity index (χ2n) is 10.3. The molecule has 1 amide bonds. The molecule has 3 rings (SSSR count). The fourth-order valence-corrected chi connectivity index (χ4v) is 4.58. The third-order valence-electron chi connectivity index (χ3n) is 6.37. The number of nitrogens with one attached hydrogen (secondary N) is 3. The number of hydrogen-bond donors (Lipinski definition) is 3. The molecule has 1 aromatic heterocycles. The minimum atomic E-state index is -0.512. The zero-order valence-electron chi connectivity index (χ0n) is 20.1. The van der Waals surface area contributed by atoms with Crippen molar-refractivity contribution in [3.05, 3.63) is 16.3 Å². The van der Waals surface area contributed by atoms with Gasteiger partial charge in [-0.15, -0.1) is 0 Å². The van der Waals surface area contributed by atoms with E-state index in [-0.39, 0.29) is 23.6 Å². The Balaban J connectivity index is 1.48. The number of amides is 1. The van der Waals surface area contributed by atoms with Gasteiger partial charge >= 0.3 is 11.8 Å². The van der Waals surface area contributed by atoms with Gasteiger partial charge in [0.15, 0.2) is 0 Å². The summed E-state index contributed by atoms with van der Waals surface area (Å²) in [6.45, 7) is 6.93. The van der Waals surface area contributed by atoms with Crippen LogP contribution in [0.4, 0.5) is 22.2 Å². The number of aromatic nitrogens is 2. The Hall–Kier alpha value is -2.65. The van der Waals surface area contributed by atoms with E-state index in [9.17, 15) is 14.9 Å². The third-order valence-corrected chi connectivity index (χ3v) is 6.37. The van der Waals surface area contributed by atoms with Gasteiger partial charge < -0.3 is 20.7 Å². The quantitative estimate of drug-likeness (QED) is 0.368. The number of nitro groups is 1. The van der Waals surface area contributed by atoms with E-state index in [1.807, 2.05) is 20.8 Å². The van der Waals surface area contributed by atoms with Crippen LogP contribution >= 0.6 is 0 Å². The van der Waals surface area contributed by atoms with Crippen molar-refractivity contribution in [2.75, 3.05) is 23.7 Å². The summed E-state index contributed by atoms with van der Waals surface area (Å²) < 4.78 is 5.33. The minimum absolute atomic E-state index is 0.0973. The highest BCUT2D eigenvalue weighted by atomic mass is 16.6. The zero-order chi connectivity index (χ0) is 23.8. The van der Waals surface area contributed by atoms with Crippen LogP contribution in [-0.4, -0.2) is 45.7 Å². The average Bonchev–Trinajstić information content (AvgIpc) is 2.76. The molecule has 10 nitrogen and oxygen atoms in total. The Morgan fingerprint density at radius 3 is 2.33 bits per heavy atom. The fraction of sp³-hybridized carbons (Fsp3) is 0.783. The molecule has 0 radical (unpaired) electrons. The molecular formula is C23H38N6O4. The molecule has 0 aliphatic heterocycles. The number of carbonyl (C=O) groups excluding carboxylic acids is 1. The van der Waals surface area contributed by atoms with Gasteiger partial charge in [-0.25, -0.2) is 9.78 Å². The molecule has 0 saturated heterocycles. The van der Waals surface area contributed by atoms with Crippen LogP contribution in [-0.2, 0) is 4.74 Å². The van der Waals surface area contributed by atoms with E-state index in [1.165, 1.54) is 38.3 Å². The summed E-state index contributed by atoms with van der Waals surface area (Å²) in [4.78, 5) is 31.5. The summed E-state index contributed by atoms with van der Waals surface area (Å²) in [6.07, 6.45) is 10.7. The van der Waals surface area contributed by atoms with Crippen LogP contribution in [0.3, 0.4) is 0 Å². The van der Waals surface area contributed by atoms with Gasteiger partial charge in [0.25, 0.3) is 0 Å². The standard InChI is InChI=1S/C23H38N6O4/c1-23(2,3)33-22(30)27-18-11-9-17(10-12-18)13-24-20-19(29(31)32)15-26-21(28-20)25-14-16-7-5-4-6-8-16/h15-18H,4-14H2,1-3H3,(H,27,30)(H2,24,25,26,28)/t17-,18-. The molecule has 2 aliphatic carbocycles. The number of rotatable bonds is 8. The number of alkyl carbamates (subject to hydrolysis) is 1.